The maximum Gasteiger partial charge on any atom is 0.274 e. The van der Waals surface area contributed by atoms with Crippen LogP contribution in [0.15, 0.2) is 46.5 Å². The van der Waals surface area contributed by atoms with Crippen LogP contribution < -0.4 is 10.3 Å². The Morgan fingerprint density at radius 2 is 2.10 bits per heavy atom. The zero-order valence-electron chi connectivity index (χ0n) is 21.5. The van der Waals surface area contributed by atoms with E-state index in [4.69, 9.17) is 21.1 Å². The van der Waals surface area contributed by atoms with Gasteiger partial charge in [0.25, 0.3) is 5.56 Å². The molecule has 2 unspecified atom stereocenters. The predicted octanol–water partition coefficient (Wildman–Crippen LogP) is 3.94. The number of ether oxygens (including phenoxy) is 2. The SMILES string of the molecule is Cc1cc(OCc2ncc(F)cc2F)c(Cl)c(=O)n1C1(C)C=C(c2ccnc([C@@]3(O)CCOC3)n2)N=CC1C. The molecule has 39 heavy (non-hydrogen) atoms. The molecule has 3 aromatic heterocycles. The van der Waals surface area contributed by atoms with Crippen LogP contribution in [0, 0.1) is 24.5 Å². The number of hydrogen-bond donors (Lipinski definition) is 1. The standard InChI is InChI=1S/C27H26ClF2N5O4/c1-15-11-32-20(19-4-6-31-25(34-19)27(37)5-7-38-14-27)10-26(15,3)35-16(2)8-22(23(28)24(35)36)39-13-21-18(30)9-17(29)12-33-21/h4,6,8-12,15,37H,5,7,13-14H2,1-3H3/t15?,26?,27-/m1/s1. The molecular weight excluding hydrogens is 532 g/mol. The first kappa shape index (κ1) is 27.0. The van der Waals surface area contributed by atoms with Gasteiger partial charge in [-0.3, -0.25) is 14.8 Å². The zero-order valence-corrected chi connectivity index (χ0v) is 22.2. The number of halogens is 3. The van der Waals surface area contributed by atoms with Gasteiger partial charge in [-0.1, -0.05) is 18.5 Å². The quantitative estimate of drug-likeness (QED) is 0.488. The molecule has 1 N–H and O–H groups in total. The van der Waals surface area contributed by atoms with Crippen LogP contribution in [0.3, 0.4) is 0 Å². The van der Waals surface area contributed by atoms with E-state index in [1.54, 1.807) is 36.0 Å². The number of nitrogens with zero attached hydrogens (tertiary/aromatic N) is 5. The zero-order chi connectivity index (χ0) is 27.9. The van der Waals surface area contributed by atoms with Gasteiger partial charge in [-0.25, -0.2) is 18.7 Å². The summed E-state index contributed by atoms with van der Waals surface area (Å²) in [6.07, 6.45) is 6.39. The molecule has 5 rings (SSSR count). The Bertz CT molecular complexity index is 1550. The summed E-state index contributed by atoms with van der Waals surface area (Å²) in [5, 5.41) is 10.7. The monoisotopic (exact) mass is 557 g/mol. The van der Waals surface area contributed by atoms with Gasteiger partial charge < -0.3 is 19.1 Å². The molecule has 0 bridgehead atoms. The van der Waals surface area contributed by atoms with Crippen molar-refractivity contribution in [3.05, 3.63) is 86.6 Å². The Morgan fingerprint density at radius 1 is 1.31 bits per heavy atom. The van der Waals surface area contributed by atoms with E-state index in [0.29, 0.717) is 36.2 Å². The molecule has 12 heteroatoms. The fourth-order valence-electron chi connectivity index (χ4n) is 4.73. The van der Waals surface area contributed by atoms with E-state index in [2.05, 4.69) is 19.9 Å². The Kier molecular flexibility index (Phi) is 7.08. The summed E-state index contributed by atoms with van der Waals surface area (Å²) in [5.74, 6) is -1.58. The summed E-state index contributed by atoms with van der Waals surface area (Å²) in [7, 11) is 0. The number of allylic oxidation sites excluding steroid dienone is 1. The van der Waals surface area contributed by atoms with Crippen molar-refractivity contribution in [3.63, 3.8) is 0 Å². The third kappa shape index (κ3) is 4.97. The van der Waals surface area contributed by atoms with Crippen LogP contribution in [-0.2, 0) is 22.5 Å². The van der Waals surface area contributed by atoms with Gasteiger partial charge in [0.05, 0.1) is 36.3 Å². The summed E-state index contributed by atoms with van der Waals surface area (Å²) < 4.78 is 39.7. The average Bonchev–Trinajstić information content (AvgIpc) is 3.36. The van der Waals surface area contributed by atoms with Gasteiger partial charge in [0.1, 0.15) is 34.5 Å². The van der Waals surface area contributed by atoms with Gasteiger partial charge in [0, 0.05) is 42.6 Å². The highest BCUT2D eigenvalue weighted by atomic mass is 35.5. The third-order valence-corrected chi connectivity index (χ3v) is 7.50. The summed E-state index contributed by atoms with van der Waals surface area (Å²) >= 11 is 6.45. The fourth-order valence-corrected chi connectivity index (χ4v) is 4.93. The lowest BCUT2D eigenvalue weighted by molar-refractivity contribution is 0.0153. The van der Waals surface area contributed by atoms with Crippen molar-refractivity contribution in [1.82, 2.24) is 19.5 Å². The number of pyridine rings is 2. The van der Waals surface area contributed by atoms with Crippen LogP contribution in [-0.4, -0.2) is 44.1 Å². The molecule has 0 radical (unpaired) electrons. The summed E-state index contributed by atoms with van der Waals surface area (Å²) in [5.41, 5.74) is -1.28. The van der Waals surface area contributed by atoms with Crippen molar-refractivity contribution in [1.29, 1.82) is 0 Å². The molecule has 0 aromatic carbocycles. The molecule has 1 saturated heterocycles. The largest absolute Gasteiger partial charge is 0.485 e. The van der Waals surface area contributed by atoms with Crippen molar-refractivity contribution < 1.29 is 23.4 Å². The minimum atomic E-state index is -1.27. The normalized spacial score (nSPS) is 24.6. The molecule has 2 aliphatic rings. The maximum absolute atomic E-state index is 14.0. The Balaban J connectivity index is 1.49. The molecule has 9 nitrogen and oxygen atoms in total. The first-order chi connectivity index (χ1) is 18.5. The van der Waals surface area contributed by atoms with E-state index in [1.807, 2.05) is 19.9 Å². The van der Waals surface area contributed by atoms with Crippen LogP contribution >= 0.6 is 11.6 Å². The Morgan fingerprint density at radius 3 is 2.82 bits per heavy atom. The molecule has 1 fully saturated rings. The molecule has 2 aliphatic heterocycles. The molecule has 0 amide bonds. The van der Waals surface area contributed by atoms with Gasteiger partial charge in [-0.05, 0) is 26.0 Å². The maximum atomic E-state index is 14.0. The summed E-state index contributed by atoms with van der Waals surface area (Å²) in [6, 6.07) is 3.97. The van der Waals surface area contributed by atoms with Gasteiger partial charge in [-0.15, -0.1) is 0 Å². The Hall–Kier alpha value is -3.54. The molecule has 0 saturated carbocycles. The lowest BCUT2D eigenvalue weighted by atomic mass is 9.83. The van der Waals surface area contributed by atoms with Crippen LogP contribution in [0.5, 0.6) is 5.75 Å². The molecular formula is C27H26ClF2N5O4. The molecule has 5 heterocycles. The second-order valence-corrected chi connectivity index (χ2v) is 10.3. The number of hydrogen-bond acceptors (Lipinski definition) is 8. The second-order valence-electron chi connectivity index (χ2n) is 9.90. The number of aryl methyl sites for hydroxylation is 1. The third-order valence-electron chi connectivity index (χ3n) is 7.15. The molecule has 3 atom stereocenters. The topological polar surface area (TPSA) is 112 Å². The number of aromatic nitrogens is 4. The highest BCUT2D eigenvalue weighted by molar-refractivity contribution is 6.31. The number of rotatable bonds is 6. The minimum Gasteiger partial charge on any atom is -0.485 e. The Labute approximate surface area is 227 Å². The van der Waals surface area contributed by atoms with Crippen LogP contribution in [0.1, 0.15) is 43.2 Å². The van der Waals surface area contributed by atoms with E-state index < -0.39 is 28.3 Å². The lowest BCUT2D eigenvalue weighted by Gasteiger charge is -2.37. The number of aliphatic hydroxyl groups is 1. The van der Waals surface area contributed by atoms with Crippen molar-refractivity contribution in [2.75, 3.05) is 13.2 Å². The van der Waals surface area contributed by atoms with E-state index >= 15 is 0 Å². The first-order valence-corrected chi connectivity index (χ1v) is 12.7. The van der Waals surface area contributed by atoms with Crippen LogP contribution in [0.25, 0.3) is 5.70 Å². The number of aliphatic imine (C=N–C) groups is 1. The van der Waals surface area contributed by atoms with Gasteiger partial charge >= 0.3 is 0 Å². The summed E-state index contributed by atoms with van der Waals surface area (Å²) in [4.78, 5) is 30.6. The smallest absolute Gasteiger partial charge is 0.274 e. The van der Waals surface area contributed by atoms with Crippen molar-refractivity contribution in [2.45, 2.75) is 44.9 Å². The minimum absolute atomic E-state index is 0.0540. The van der Waals surface area contributed by atoms with E-state index in [-0.39, 0.29) is 41.4 Å². The van der Waals surface area contributed by atoms with Gasteiger partial charge in [-0.2, -0.15) is 0 Å². The highest BCUT2D eigenvalue weighted by Gasteiger charge is 2.39. The van der Waals surface area contributed by atoms with Crippen LogP contribution in [0.4, 0.5) is 8.78 Å². The van der Waals surface area contributed by atoms with E-state index in [1.165, 1.54) is 0 Å². The molecule has 0 spiro atoms. The fraction of sp³-hybridized carbons (Fsp3) is 0.370. The van der Waals surface area contributed by atoms with E-state index in [9.17, 15) is 18.7 Å². The summed E-state index contributed by atoms with van der Waals surface area (Å²) in [6.45, 7) is 5.72. The molecule has 204 valence electrons. The molecule has 0 aliphatic carbocycles. The van der Waals surface area contributed by atoms with E-state index in [0.717, 1.165) is 6.20 Å². The van der Waals surface area contributed by atoms with Crippen molar-refractivity contribution in [2.24, 2.45) is 10.9 Å². The average molecular weight is 558 g/mol. The highest BCUT2D eigenvalue weighted by Crippen LogP contribution is 2.37. The van der Waals surface area contributed by atoms with Crippen molar-refractivity contribution in [3.8, 4) is 5.75 Å². The van der Waals surface area contributed by atoms with Crippen molar-refractivity contribution >= 4 is 23.5 Å². The van der Waals surface area contributed by atoms with Crippen LogP contribution in [0.2, 0.25) is 5.02 Å². The van der Waals surface area contributed by atoms with Gasteiger partial charge in [0.15, 0.2) is 11.6 Å². The second kappa shape index (κ2) is 10.2. The first-order valence-electron chi connectivity index (χ1n) is 12.3. The van der Waals surface area contributed by atoms with Gasteiger partial charge in [0.2, 0.25) is 0 Å². The lowest BCUT2D eigenvalue weighted by Crippen LogP contribution is -2.45. The molecule has 3 aromatic rings. The predicted molar refractivity (Wildman–Crippen MR) is 140 cm³/mol.